The third-order valence-electron chi connectivity index (χ3n) is 2.10. The fourth-order valence-electron chi connectivity index (χ4n) is 1.28. The predicted octanol–water partition coefficient (Wildman–Crippen LogP) is 3.90. The van der Waals surface area contributed by atoms with Crippen LogP contribution in [0.2, 0.25) is 0 Å². The van der Waals surface area contributed by atoms with Gasteiger partial charge in [0.15, 0.2) is 5.78 Å². The maximum absolute atomic E-state index is 12.2. The molecule has 0 aliphatic rings. The van der Waals surface area contributed by atoms with Crippen LogP contribution in [0.1, 0.15) is 23.4 Å². The van der Waals surface area contributed by atoms with E-state index in [9.17, 15) is 13.6 Å². The lowest BCUT2D eigenvalue weighted by Gasteiger charge is -2.12. The quantitative estimate of drug-likeness (QED) is 0.766. The molecule has 17 heavy (non-hydrogen) atoms. The Hall–Kier alpha value is -0.870. The lowest BCUT2D eigenvalue weighted by molar-refractivity contribution is -0.116. The van der Waals surface area contributed by atoms with Crippen LogP contribution in [0.25, 0.3) is 0 Å². The first kappa shape index (κ1) is 14.2. The molecule has 6 heteroatoms. The Morgan fingerprint density at radius 2 is 2.12 bits per heavy atom. The van der Waals surface area contributed by atoms with Gasteiger partial charge in [0.05, 0.1) is 5.88 Å². The Kier molecular flexibility index (Phi) is 5.15. The van der Waals surface area contributed by atoms with Crippen molar-refractivity contribution < 1.29 is 18.3 Å². The van der Waals surface area contributed by atoms with E-state index in [4.69, 9.17) is 23.2 Å². The highest BCUT2D eigenvalue weighted by Crippen LogP contribution is 2.29. The van der Waals surface area contributed by atoms with Crippen molar-refractivity contribution in [3.05, 3.63) is 29.3 Å². The fraction of sp³-hybridized carbons (Fsp3) is 0.364. The Labute approximate surface area is 107 Å². The first-order valence-corrected chi connectivity index (χ1v) is 5.71. The molecule has 0 spiro atoms. The molecule has 1 atom stereocenters. The van der Waals surface area contributed by atoms with Gasteiger partial charge in [0.2, 0.25) is 0 Å². The largest absolute Gasteiger partial charge is 0.434 e. The van der Waals surface area contributed by atoms with E-state index in [0.717, 1.165) is 0 Å². The number of hydrogen-bond acceptors (Lipinski definition) is 2. The van der Waals surface area contributed by atoms with Crippen molar-refractivity contribution in [1.29, 1.82) is 0 Å². The summed E-state index contributed by atoms with van der Waals surface area (Å²) < 4.78 is 28.6. The van der Waals surface area contributed by atoms with Gasteiger partial charge in [-0.1, -0.05) is 12.1 Å². The van der Waals surface area contributed by atoms with Gasteiger partial charge in [-0.15, -0.1) is 23.2 Å². The summed E-state index contributed by atoms with van der Waals surface area (Å²) in [6, 6.07) is 4.39. The molecule has 1 aromatic rings. The second kappa shape index (κ2) is 6.17. The van der Waals surface area contributed by atoms with E-state index in [1.807, 2.05) is 0 Å². The number of hydrogen-bond donors (Lipinski definition) is 0. The van der Waals surface area contributed by atoms with Gasteiger partial charge in [0.25, 0.3) is 0 Å². The fourth-order valence-corrected chi connectivity index (χ4v) is 1.64. The average molecular weight is 283 g/mol. The molecular formula is C11H10Cl2F2O2. The minimum atomic E-state index is -2.95. The van der Waals surface area contributed by atoms with Crippen molar-refractivity contribution >= 4 is 29.0 Å². The molecule has 0 saturated carbocycles. The molecule has 0 aliphatic carbocycles. The SMILES string of the molecule is CC(=O)C(Cl)c1ccc(CCl)c(OC(F)F)c1. The Morgan fingerprint density at radius 1 is 1.47 bits per heavy atom. The number of ketones is 1. The van der Waals surface area contributed by atoms with E-state index >= 15 is 0 Å². The van der Waals surface area contributed by atoms with Gasteiger partial charge < -0.3 is 4.74 Å². The van der Waals surface area contributed by atoms with E-state index in [0.29, 0.717) is 11.1 Å². The number of ether oxygens (including phenoxy) is 1. The van der Waals surface area contributed by atoms with Crippen LogP contribution in [0.15, 0.2) is 18.2 Å². The highest BCUT2D eigenvalue weighted by molar-refractivity contribution is 6.30. The standard InChI is InChI=1S/C11H10Cl2F2O2/c1-6(16)10(13)7-2-3-8(5-12)9(4-7)17-11(14)15/h2-4,10-11H,5H2,1H3. The Balaban J connectivity index is 3.08. The summed E-state index contributed by atoms with van der Waals surface area (Å²) in [5.41, 5.74) is 0.826. The van der Waals surface area contributed by atoms with Crippen LogP contribution in [0.4, 0.5) is 8.78 Å². The number of Topliss-reactive ketones (excluding diaryl/α,β-unsaturated/α-hetero) is 1. The van der Waals surface area contributed by atoms with E-state index in [1.165, 1.54) is 19.1 Å². The number of alkyl halides is 4. The van der Waals surface area contributed by atoms with Crippen LogP contribution in [0.5, 0.6) is 5.75 Å². The molecule has 0 aromatic heterocycles. The van der Waals surface area contributed by atoms with Gasteiger partial charge in [-0.2, -0.15) is 8.78 Å². The normalized spacial score (nSPS) is 12.6. The summed E-state index contributed by atoms with van der Waals surface area (Å²) in [6.45, 7) is -1.63. The molecule has 1 aromatic carbocycles. The monoisotopic (exact) mass is 282 g/mol. The van der Waals surface area contributed by atoms with E-state index < -0.39 is 12.0 Å². The number of rotatable bonds is 5. The van der Waals surface area contributed by atoms with Crippen molar-refractivity contribution in [2.24, 2.45) is 0 Å². The van der Waals surface area contributed by atoms with Crippen molar-refractivity contribution in [2.45, 2.75) is 24.8 Å². The zero-order chi connectivity index (χ0) is 13.0. The maximum Gasteiger partial charge on any atom is 0.387 e. The number of carbonyl (C=O) groups is 1. The molecule has 0 amide bonds. The topological polar surface area (TPSA) is 26.3 Å². The highest BCUT2D eigenvalue weighted by Gasteiger charge is 2.17. The summed E-state index contributed by atoms with van der Waals surface area (Å²) in [4.78, 5) is 11.1. The van der Waals surface area contributed by atoms with E-state index in [1.54, 1.807) is 6.07 Å². The molecule has 0 fully saturated rings. The number of benzene rings is 1. The lowest BCUT2D eigenvalue weighted by atomic mass is 10.1. The van der Waals surface area contributed by atoms with E-state index in [-0.39, 0.29) is 17.4 Å². The first-order chi connectivity index (χ1) is 7.95. The zero-order valence-corrected chi connectivity index (χ0v) is 10.4. The number of halogens is 4. The molecule has 0 aliphatic heterocycles. The second-order valence-electron chi connectivity index (χ2n) is 3.35. The highest BCUT2D eigenvalue weighted by atomic mass is 35.5. The van der Waals surface area contributed by atoms with Crippen molar-refractivity contribution in [2.75, 3.05) is 0 Å². The molecule has 0 N–H and O–H groups in total. The Bertz CT molecular complexity index is 410. The van der Waals surface area contributed by atoms with Gasteiger partial charge in [-0.05, 0) is 18.6 Å². The van der Waals surface area contributed by atoms with Gasteiger partial charge >= 0.3 is 6.61 Å². The smallest absolute Gasteiger partial charge is 0.387 e. The van der Waals surface area contributed by atoms with Crippen molar-refractivity contribution in [3.63, 3.8) is 0 Å². The summed E-state index contributed by atoms with van der Waals surface area (Å²) in [5, 5.41) is -0.876. The van der Waals surface area contributed by atoms with Crippen LogP contribution in [-0.4, -0.2) is 12.4 Å². The molecular weight excluding hydrogens is 273 g/mol. The van der Waals surface area contributed by atoms with Crippen LogP contribution >= 0.6 is 23.2 Å². The molecule has 94 valence electrons. The van der Waals surface area contributed by atoms with Crippen LogP contribution in [0, 0.1) is 0 Å². The second-order valence-corrected chi connectivity index (χ2v) is 4.06. The molecule has 0 saturated heterocycles. The van der Waals surface area contributed by atoms with Gasteiger partial charge in [-0.25, -0.2) is 0 Å². The van der Waals surface area contributed by atoms with Crippen LogP contribution in [-0.2, 0) is 10.7 Å². The van der Waals surface area contributed by atoms with Crippen LogP contribution in [0.3, 0.4) is 0 Å². The third kappa shape index (κ3) is 3.82. The third-order valence-corrected chi connectivity index (χ3v) is 2.95. The summed E-state index contributed by atoms with van der Waals surface area (Å²) >= 11 is 11.4. The molecule has 0 radical (unpaired) electrons. The zero-order valence-electron chi connectivity index (χ0n) is 8.92. The summed E-state index contributed by atoms with van der Waals surface area (Å²) in [5.74, 6) is -0.289. The van der Waals surface area contributed by atoms with Gasteiger partial charge in [-0.3, -0.25) is 4.79 Å². The summed E-state index contributed by atoms with van der Waals surface area (Å²) in [6.07, 6.45) is 0. The minimum absolute atomic E-state index is 0.0371. The maximum atomic E-state index is 12.2. The lowest BCUT2D eigenvalue weighted by Crippen LogP contribution is -2.06. The van der Waals surface area contributed by atoms with Crippen molar-refractivity contribution in [3.8, 4) is 5.75 Å². The predicted molar refractivity (Wildman–Crippen MR) is 61.9 cm³/mol. The molecule has 2 nitrogen and oxygen atoms in total. The first-order valence-electron chi connectivity index (χ1n) is 4.73. The van der Waals surface area contributed by atoms with Crippen LogP contribution < -0.4 is 4.74 Å². The number of carbonyl (C=O) groups excluding carboxylic acids is 1. The Morgan fingerprint density at radius 3 is 2.59 bits per heavy atom. The van der Waals surface area contributed by atoms with E-state index in [2.05, 4.69) is 4.74 Å². The molecule has 1 unspecified atom stereocenters. The molecule has 0 bridgehead atoms. The molecule has 1 rings (SSSR count). The minimum Gasteiger partial charge on any atom is -0.434 e. The van der Waals surface area contributed by atoms with Gasteiger partial charge in [0, 0.05) is 5.56 Å². The van der Waals surface area contributed by atoms with Gasteiger partial charge in [0.1, 0.15) is 11.1 Å². The summed E-state index contributed by atoms with van der Waals surface area (Å²) in [7, 11) is 0. The average Bonchev–Trinajstić information content (AvgIpc) is 2.27. The molecule has 0 heterocycles. The van der Waals surface area contributed by atoms with Crippen molar-refractivity contribution in [1.82, 2.24) is 0 Å².